The summed E-state index contributed by atoms with van der Waals surface area (Å²) < 4.78 is 1.71. The molecule has 0 spiro atoms. The summed E-state index contributed by atoms with van der Waals surface area (Å²) in [5, 5.41) is 13.8. The lowest BCUT2D eigenvalue weighted by atomic mass is 10.0. The van der Waals surface area contributed by atoms with E-state index in [4.69, 9.17) is 0 Å². The highest BCUT2D eigenvalue weighted by Gasteiger charge is 2.36. The van der Waals surface area contributed by atoms with Crippen LogP contribution in [0.3, 0.4) is 0 Å². The summed E-state index contributed by atoms with van der Waals surface area (Å²) in [4.78, 5) is 4.07. The molecule has 0 aromatic carbocycles. The van der Waals surface area contributed by atoms with Crippen LogP contribution in [0.1, 0.15) is 5.82 Å². The van der Waals surface area contributed by atoms with Crippen molar-refractivity contribution in [3.8, 4) is 0 Å². The van der Waals surface area contributed by atoms with Gasteiger partial charge in [-0.1, -0.05) is 0 Å². The summed E-state index contributed by atoms with van der Waals surface area (Å²) in [6.07, 6.45) is 2.14. The maximum atomic E-state index is 9.80. The van der Waals surface area contributed by atoms with Crippen molar-refractivity contribution >= 4 is 11.8 Å². The zero-order valence-corrected chi connectivity index (χ0v) is 7.71. The molecule has 2 rings (SSSR count). The Balaban J connectivity index is 2.08. The van der Waals surface area contributed by atoms with Crippen LogP contribution in [0.4, 0.5) is 0 Å². The van der Waals surface area contributed by atoms with Crippen LogP contribution in [-0.2, 0) is 13.5 Å². The molecule has 66 valence electrons. The minimum atomic E-state index is -0.522. The molecule has 0 unspecified atom stereocenters. The van der Waals surface area contributed by atoms with Crippen LogP contribution in [-0.4, -0.2) is 37.0 Å². The van der Waals surface area contributed by atoms with Gasteiger partial charge in [0.1, 0.15) is 12.2 Å². The molecular formula is C7H11N3OS. The Labute approximate surface area is 75.0 Å². The topological polar surface area (TPSA) is 50.9 Å². The Morgan fingerprint density at radius 3 is 2.92 bits per heavy atom. The third-order valence-electron chi connectivity index (χ3n) is 2.03. The summed E-state index contributed by atoms with van der Waals surface area (Å²) in [7, 11) is 1.84. The van der Waals surface area contributed by atoms with Gasteiger partial charge >= 0.3 is 0 Å². The normalized spacial score (nSPS) is 20.5. The van der Waals surface area contributed by atoms with Crippen molar-refractivity contribution in [1.29, 1.82) is 0 Å². The molecule has 1 aromatic rings. The Kier molecular flexibility index (Phi) is 1.84. The smallest absolute Gasteiger partial charge is 0.138 e. The minimum Gasteiger partial charge on any atom is -0.388 e. The maximum absolute atomic E-state index is 9.80. The number of hydrogen-bond donors (Lipinski definition) is 1. The average Bonchev–Trinajstić information content (AvgIpc) is 2.34. The largest absolute Gasteiger partial charge is 0.388 e. The molecule has 12 heavy (non-hydrogen) atoms. The van der Waals surface area contributed by atoms with Gasteiger partial charge in [0.2, 0.25) is 0 Å². The van der Waals surface area contributed by atoms with Gasteiger partial charge in [0, 0.05) is 25.0 Å². The molecule has 1 N–H and O–H groups in total. The van der Waals surface area contributed by atoms with Gasteiger partial charge in [-0.15, -0.1) is 0 Å². The fraction of sp³-hybridized carbons (Fsp3) is 0.714. The fourth-order valence-corrected chi connectivity index (χ4v) is 2.09. The van der Waals surface area contributed by atoms with Crippen molar-refractivity contribution in [2.24, 2.45) is 7.05 Å². The van der Waals surface area contributed by atoms with Crippen molar-refractivity contribution in [2.45, 2.75) is 12.0 Å². The number of aliphatic hydroxyl groups is 1. The minimum absolute atomic E-state index is 0.522. The van der Waals surface area contributed by atoms with E-state index < -0.39 is 5.60 Å². The molecule has 2 heterocycles. The summed E-state index contributed by atoms with van der Waals surface area (Å²) >= 11 is 1.76. The molecule has 0 aliphatic carbocycles. The van der Waals surface area contributed by atoms with E-state index in [0.717, 1.165) is 17.3 Å². The van der Waals surface area contributed by atoms with E-state index in [-0.39, 0.29) is 0 Å². The highest BCUT2D eigenvalue weighted by molar-refractivity contribution is 8.00. The first-order valence-corrected chi connectivity index (χ1v) is 4.98. The van der Waals surface area contributed by atoms with Gasteiger partial charge in [-0.25, -0.2) is 4.98 Å². The molecule has 1 fully saturated rings. The molecule has 1 aromatic heterocycles. The Hall–Kier alpha value is -0.550. The zero-order chi connectivity index (χ0) is 8.60. The van der Waals surface area contributed by atoms with E-state index in [1.165, 1.54) is 6.33 Å². The molecule has 1 saturated heterocycles. The molecule has 4 nitrogen and oxygen atoms in total. The summed E-state index contributed by atoms with van der Waals surface area (Å²) in [5.41, 5.74) is -0.522. The second-order valence-electron chi connectivity index (χ2n) is 3.19. The van der Waals surface area contributed by atoms with Crippen LogP contribution in [0.25, 0.3) is 0 Å². The third kappa shape index (κ3) is 1.34. The number of aryl methyl sites for hydroxylation is 1. The van der Waals surface area contributed by atoms with E-state index in [0.29, 0.717) is 6.42 Å². The van der Waals surface area contributed by atoms with Gasteiger partial charge in [0.05, 0.1) is 5.60 Å². The van der Waals surface area contributed by atoms with E-state index in [2.05, 4.69) is 10.1 Å². The van der Waals surface area contributed by atoms with Crippen LogP contribution in [0, 0.1) is 0 Å². The van der Waals surface area contributed by atoms with Gasteiger partial charge in [-0.3, -0.25) is 4.68 Å². The summed E-state index contributed by atoms with van der Waals surface area (Å²) in [6.45, 7) is 0. The Bertz CT molecular complexity index is 282. The first-order valence-electron chi connectivity index (χ1n) is 3.83. The molecule has 0 radical (unpaired) electrons. The highest BCUT2D eigenvalue weighted by atomic mass is 32.2. The Morgan fingerprint density at radius 2 is 2.50 bits per heavy atom. The SMILES string of the molecule is Cn1ncnc1CC1(O)CSC1. The maximum Gasteiger partial charge on any atom is 0.138 e. The van der Waals surface area contributed by atoms with Crippen molar-refractivity contribution in [3.63, 3.8) is 0 Å². The Morgan fingerprint density at radius 1 is 1.75 bits per heavy atom. The van der Waals surface area contributed by atoms with Gasteiger partial charge in [0.15, 0.2) is 0 Å². The van der Waals surface area contributed by atoms with Crippen molar-refractivity contribution in [3.05, 3.63) is 12.2 Å². The van der Waals surface area contributed by atoms with Gasteiger partial charge < -0.3 is 5.11 Å². The number of rotatable bonds is 2. The molecular weight excluding hydrogens is 174 g/mol. The third-order valence-corrected chi connectivity index (χ3v) is 3.52. The molecule has 0 bridgehead atoms. The number of aromatic nitrogens is 3. The van der Waals surface area contributed by atoms with Crippen LogP contribution in [0.2, 0.25) is 0 Å². The predicted molar refractivity (Wildman–Crippen MR) is 47.0 cm³/mol. The first kappa shape index (κ1) is 8.07. The second kappa shape index (κ2) is 2.74. The van der Waals surface area contributed by atoms with Gasteiger partial charge in [-0.2, -0.15) is 16.9 Å². The number of nitrogens with zero attached hydrogens (tertiary/aromatic N) is 3. The lowest BCUT2D eigenvalue weighted by molar-refractivity contribution is 0.0761. The summed E-state index contributed by atoms with van der Waals surface area (Å²) in [6, 6.07) is 0. The van der Waals surface area contributed by atoms with Crippen molar-refractivity contribution in [2.75, 3.05) is 11.5 Å². The van der Waals surface area contributed by atoms with E-state index in [9.17, 15) is 5.11 Å². The zero-order valence-electron chi connectivity index (χ0n) is 6.90. The second-order valence-corrected chi connectivity index (χ2v) is 4.18. The lowest BCUT2D eigenvalue weighted by Crippen LogP contribution is -2.45. The number of hydrogen-bond acceptors (Lipinski definition) is 4. The molecule has 5 heteroatoms. The predicted octanol–water partition coefficient (Wildman–Crippen LogP) is -0.164. The first-order chi connectivity index (χ1) is 5.70. The molecule has 0 saturated carbocycles. The molecule has 1 aliphatic heterocycles. The van der Waals surface area contributed by atoms with Crippen LogP contribution in [0.5, 0.6) is 0 Å². The van der Waals surface area contributed by atoms with E-state index in [1.807, 2.05) is 7.05 Å². The van der Waals surface area contributed by atoms with E-state index >= 15 is 0 Å². The van der Waals surface area contributed by atoms with Crippen LogP contribution in [0.15, 0.2) is 6.33 Å². The van der Waals surface area contributed by atoms with Crippen LogP contribution >= 0.6 is 11.8 Å². The molecule has 1 aliphatic rings. The quantitative estimate of drug-likeness (QED) is 0.695. The van der Waals surface area contributed by atoms with E-state index in [1.54, 1.807) is 16.4 Å². The van der Waals surface area contributed by atoms with Gasteiger partial charge in [0.25, 0.3) is 0 Å². The molecule has 0 atom stereocenters. The van der Waals surface area contributed by atoms with Crippen molar-refractivity contribution in [1.82, 2.24) is 14.8 Å². The van der Waals surface area contributed by atoms with Crippen molar-refractivity contribution < 1.29 is 5.11 Å². The van der Waals surface area contributed by atoms with Crippen LogP contribution < -0.4 is 0 Å². The fourth-order valence-electron chi connectivity index (χ4n) is 1.21. The summed E-state index contributed by atoms with van der Waals surface area (Å²) in [5.74, 6) is 2.50. The number of thioether (sulfide) groups is 1. The van der Waals surface area contributed by atoms with Gasteiger partial charge in [-0.05, 0) is 0 Å². The lowest BCUT2D eigenvalue weighted by Gasteiger charge is -2.35. The standard InChI is InChI=1S/C7H11N3OS/c1-10-6(8-5-9-10)2-7(11)3-12-4-7/h5,11H,2-4H2,1H3. The average molecular weight is 185 g/mol. The molecule has 0 amide bonds. The monoisotopic (exact) mass is 185 g/mol. The highest BCUT2D eigenvalue weighted by Crippen LogP contribution is 2.31.